The Labute approximate surface area is 149 Å². The van der Waals surface area contributed by atoms with Gasteiger partial charge in [-0.1, -0.05) is 88.7 Å². The molecule has 0 atom stereocenters. The van der Waals surface area contributed by atoms with Crippen LogP contribution in [0.15, 0.2) is 89.5 Å². The molecule has 2 nitrogen and oxygen atoms in total. The molecule has 24 heavy (non-hydrogen) atoms. The lowest BCUT2D eigenvalue weighted by Gasteiger charge is -2.06. The summed E-state index contributed by atoms with van der Waals surface area (Å²) in [6.45, 7) is 0. The minimum absolute atomic E-state index is 0.870. The van der Waals surface area contributed by atoms with E-state index in [0.29, 0.717) is 0 Å². The molecule has 0 aliphatic rings. The van der Waals surface area contributed by atoms with E-state index >= 15 is 0 Å². The summed E-state index contributed by atoms with van der Waals surface area (Å²) < 4.78 is 1.06. The van der Waals surface area contributed by atoms with E-state index in [0.717, 1.165) is 27.1 Å². The first-order valence-electron chi connectivity index (χ1n) is 7.77. The van der Waals surface area contributed by atoms with Crippen molar-refractivity contribution in [3.63, 3.8) is 0 Å². The Hall–Kier alpha value is -2.65. The first-order chi connectivity index (χ1) is 11.8. The molecule has 0 saturated heterocycles. The van der Waals surface area contributed by atoms with Crippen molar-refractivity contribution in [2.24, 2.45) is 0 Å². The number of hydrogen-bond acceptors (Lipinski definition) is 1. The zero-order valence-electron chi connectivity index (χ0n) is 12.9. The van der Waals surface area contributed by atoms with E-state index in [1.165, 1.54) is 11.1 Å². The van der Waals surface area contributed by atoms with Gasteiger partial charge in [-0.15, -0.1) is 0 Å². The third-order valence-corrected chi connectivity index (χ3v) is 4.64. The normalized spacial score (nSPS) is 10.7. The Morgan fingerprint density at radius 3 is 2.04 bits per heavy atom. The van der Waals surface area contributed by atoms with Gasteiger partial charge in [-0.3, -0.25) is 0 Å². The van der Waals surface area contributed by atoms with Gasteiger partial charge in [0.05, 0.1) is 11.9 Å². The molecule has 1 aromatic heterocycles. The molecule has 0 amide bonds. The van der Waals surface area contributed by atoms with Crippen molar-refractivity contribution >= 4 is 15.9 Å². The summed E-state index contributed by atoms with van der Waals surface area (Å²) >= 11 is 3.69. The smallest absolute Gasteiger partial charge is 0.137 e. The molecule has 4 rings (SSSR count). The molecule has 0 saturated carbocycles. The number of H-pyrrole nitrogens is 1. The number of imidazole rings is 1. The zero-order valence-corrected chi connectivity index (χ0v) is 14.5. The van der Waals surface area contributed by atoms with Crippen LogP contribution in [0.5, 0.6) is 0 Å². The molecule has 1 heterocycles. The van der Waals surface area contributed by atoms with E-state index in [4.69, 9.17) is 0 Å². The van der Waals surface area contributed by atoms with Gasteiger partial charge in [-0.25, -0.2) is 4.98 Å². The van der Waals surface area contributed by atoms with E-state index in [2.05, 4.69) is 68.4 Å². The minimum atomic E-state index is 0.870. The van der Waals surface area contributed by atoms with Crippen molar-refractivity contribution in [2.75, 3.05) is 0 Å². The lowest BCUT2D eigenvalue weighted by atomic mass is 10.0. The topological polar surface area (TPSA) is 28.7 Å². The summed E-state index contributed by atoms with van der Waals surface area (Å²) in [7, 11) is 0. The van der Waals surface area contributed by atoms with Crippen LogP contribution in [-0.2, 0) is 0 Å². The van der Waals surface area contributed by atoms with E-state index in [9.17, 15) is 0 Å². The van der Waals surface area contributed by atoms with Crippen molar-refractivity contribution in [1.82, 2.24) is 9.97 Å². The van der Waals surface area contributed by atoms with Crippen LogP contribution in [0.1, 0.15) is 0 Å². The molecule has 0 bridgehead atoms. The Morgan fingerprint density at radius 2 is 1.38 bits per heavy atom. The molecule has 3 aromatic carbocycles. The van der Waals surface area contributed by atoms with Gasteiger partial charge in [0.1, 0.15) is 5.82 Å². The summed E-state index contributed by atoms with van der Waals surface area (Å²) in [4.78, 5) is 7.93. The highest BCUT2D eigenvalue weighted by atomic mass is 79.9. The van der Waals surface area contributed by atoms with E-state index in [-0.39, 0.29) is 0 Å². The summed E-state index contributed by atoms with van der Waals surface area (Å²) in [5.74, 6) is 0.870. The highest BCUT2D eigenvalue weighted by molar-refractivity contribution is 9.10. The number of aromatic amines is 1. The van der Waals surface area contributed by atoms with Crippen molar-refractivity contribution in [2.45, 2.75) is 0 Å². The Balaban J connectivity index is 1.69. The van der Waals surface area contributed by atoms with Gasteiger partial charge in [-0.05, 0) is 22.8 Å². The van der Waals surface area contributed by atoms with Gasteiger partial charge in [-0.2, -0.15) is 0 Å². The second kappa shape index (κ2) is 6.46. The molecular weight excluding hydrogens is 360 g/mol. The standard InChI is InChI=1S/C21H15BrN2/c22-19-13-17(11-12-18(19)15-7-3-1-4-8-15)21-23-14-20(24-21)16-9-5-2-6-10-16/h1-14H,(H,23,24). The van der Waals surface area contributed by atoms with Crippen LogP contribution in [0.3, 0.4) is 0 Å². The summed E-state index contributed by atoms with van der Waals surface area (Å²) in [5, 5.41) is 0. The van der Waals surface area contributed by atoms with Crippen molar-refractivity contribution < 1.29 is 0 Å². The number of aromatic nitrogens is 2. The van der Waals surface area contributed by atoms with Crippen molar-refractivity contribution in [1.29, 1.82) is 0 Å². The van der Waals surface area contributed by atoms with Crippen molar-refractivity contribution in [3.8, 4) is 33.8 Å². The Morgan fingerprint density at radius 1 is 0.708 bits per heavy atom. The quantitative estimate of drug-likeness (QED) is 0.456. The summed E-state index contributed by atoms with van der Waals surface area (Å²) in [6.07, 6.45) is 1.88. The van der Waals surface area contributed by atoms with Crippen LogP contribution in [0, 0.1) is 0 Å². The fourth-order valence-corrected chi connectivity index (χ4v) is 3.35. The van der Waals surface area contributed by atoms with E-state index in [1.807, 2.05) is 42.6 Å². The van der Waals surface area contributed by atoms with Crippen LogP contribution in [0.4, 0.5) is 0 Å². The Bertz CT molecular complexity index is 960. The number of hydrogen-bond donors (Lipinski definition) is 1. The average Bonchev–Trinajstić information content (AvgIpc) is 3.13. The average molecular weight is 375 g/mol. The summed E-state index contributed by atoms with van der Waals surface area (Å²) in [6, 6.07) is 26.9. The van der Waals surface area contributed by atoms with Gasteiger partial charge in [0, 0.05) is 10.0 Å². The van der Waals surface area contributed by atoms with Crippen LogP contribution in [-0.4, -0.2) is 9.97 Å². The molecule has 4 aromatic rings. The fraction of sp³-hybridized carbons (Fsp3) is 0. The Kier molecular flexibility index (Phi) is 4.01. The highest BCUT2D eigenvalue weighted by Gasteiger charge is 2.09. The maximum absolute atomic E-state index is 4.53. The fourth-order valence-electron chi connectivity index (χ4n) is 2.75. The molecule has 0 radical (unpaired) electrons. The molecule has 3 heteroatoms. The van der Waals surface area contributed by atoms with Gasteiger partial charge < -0.3 is 4.98 Å². The largest absolute Gasteiger partial charge is 0.338 e. The van der Waals surface area contributed by atoms with Crippen LogP contribution in [0.25, 0.3) is 33.8 Å². The summed E-state index contributed by atoms with van der Waals surface area (Å²) in [5.41, 5.74) is 5.59. The minimum Gasteiger partial charge on any atom is -0.338 e. The number of rotatable bonds is 3. The van der Waals surface area contributed by atoms with E-state index in [1.54, 1.807) is 0 Å². The van der Waals surface area contributed by atoms with E-state index < -0.39 is 0 Å². The van der Waals surface area contributed by atoms with Gasteiger partial charge in [0.25, 0.3) is 0 Å². The zero-order chi connectivity index (χ0) is 16.4. The molecule has 0 spiro atoms. The van der Waals surface area contributed by atoms with Crippen LogP contribution < -0.4 is 0 Å². The maximum Gasteiger partial charge on any atom is 0.137 e. The second-order valence-electron chi connectivity index (χ2n) is 5.57. The number of benzene rings is 3. The lowest BCUT2D eigenvalue weighted by molar-refractivity contribution is 1.31. The predicted molar refractivity (Wildman–Crippen MR) is 103 cm³/mol. The van der Waals surface area contributed by atoms with Crippen molar-refractivity contribution in [3.05, 3.63) is 89.5 Å². The molecule has 0 fully saturated rings. The second-order valence-corrected chi connectivity index (χ2v) is 6.43. The molecule has 0 aliphatic carbocycles. The third kappa shape index (κ3) is 2.91. The number of nitrogens with one attached hydrogen (secondary N) is 1. The molecule has 0 aliphatic heterocycles. The SMILES string of the molecule is Brc1cc(-c2ncc(-c3ccccc3)[nH]2)ccc1-c1ccccc1. The first kappa shape index (κ1) is 14.9. The molecule has 1 N–H and O–H groups in total. The van der Waals surface area contributed by atoms with Gasteiger partial charge >= 0.3 is 0 Å². The monoisotopic (exact) mass is 374 g/mol. The van der Waals surface area contributed by atoms with Gasteiger partial charge in [0.15, 0.2) is 0 Å². The maximum atomic E-state index is 4.53. The van der Waals surface area contributed by atoms with Crippen LogP contribution >= 0.6 is 15.9 Å². The first-order valence-corrected chi connectivity index (χ1v) is 8.56. The third-order valence-electron chi connectivity index (χ3n) is 3.99. The van der Waals surface area contributed by atoms with Gasteiger partial charge in [0.2, 0.25) is 0 Å². The predicted octanol–water partition coefficient (Wildman–Crippen LogP) is 6.17. The lowest BCUT2D eigenvalue weighted by Crippen LogP contribution is -1.85. The highest BCUT2D eigenvalue weighted by Crippen LogP contribution is 2.32. The molecular formula is C21H15BrN2. The molecule has 0 unspecified atom stereocenters. The number of nitrogens with zero attached hydrogens (tertiary/aromatic N) is 1. The molecule has 116 valence electrons. The number of halogens is 1. The van der Waals surface area contributed by atoms with Crippen LogP contribution in [0.2, 0.25) is 0 Å².